The molecule has 1 aromatic rings. The van der Waals surface area contributed by atoms with Gasteiger partial charge in [0.15, 0.2) is 0 Å². The van der Waals surface area contributed by atoms with E-state index in [0.29, 0.717) is 13.1 Å². The molecule has 7 nitrogen and oxygen atoms in total. The van der Waals surface area contributed by atoms with E-state index in [9.17, 15) is 14.4 Å². The first-order valence-corrected chi connectivity index (χ1v) is 7.45. The van der Waals surface area contributed by atoms with Crippen LogP contribution in [0.25, 0.3) is 0 Å². The molecule has 2 N–H and O–H groups in total. The van der Waals surface area contributed by atoms with E-state index in [1.807, 2.05) is 31.2 Å². The van der Waals surface area contributed by atoms with Crippen molar-refractivity contribution >= 4 is 23.5 Å². The summed E-state index contributed by atoms with van der Waals surface area (Å²) in [5.74, 6) is -0.953. The number of hydrogen-bond acceptors (Lipinski definition) is 5. The highest BCUT2D eigenvalue weighted by atomic mass is 16.5. The zero-order valence-corrected chi connectivity index (χ0v) is 13.3. The van der Waals surface area contributed by atoms with E-state index < -0.39 is 12.0 Å². The molecule has 1 fully saturated rings. The van der Waals surface area contributed by atoms with Gasteiger partial charge in [-0.25, -0.2) is 0 Å². The van der Waals surface area contributed by atoms with Crippen LogP contribution in [0.15, 0.2) is 24.3 Å². The summed E-state index contributed by atoms with van der Waals surface area (Å²) in [6.07, 6.45) is -0.0695. The molecule has 124 valence electrons. The third kappa shape index (κ3) is 4.53. The average molecular weight is 319 g/mol. The van der Waals surface area contributed by atoms with Crippen LogP contribution in [0.3, 0.4) is 0 Å². The number of anilines is 1. The molecule has 7 heteroatoms. The van der Waals surface area contributed by atoms with E-state index in [0.717, 1.165) is 11.3 Å². The van der Waals surface area contributed by atoms with Crippen LogP contribution in [0.4, 0.5) is 5.69 Å². The number of aryl methyl sites for hydroxylation is 1. The lowest BCUT2D eigenvalue weighted by Gasteiger charge is -2.33. The van der Waals surface area contributed by atoms with E-state index in [2.05, 4.69) is 15.4 Å². The lowest BCUT2D eigenvalue weighted by atomic mass is 10.1. The van der Waals surface area contributed by atoms with Gasteiger partial charge in [-0.15, -0.1) is 0 Å². The molecular formula is C16H21N3O4. The van der Waals surface area contributed by atoms with Crippen molar-refractivity contribution in [3.05, 3.63) is 29.8 Å². The Morgan fingerprint density at radius 3 is 2.83 bits per heavy atom. The molecule has 2 amide bonds. The Kier molecular flexibility index (Phi) is 5.70. The van der Waals surface area contributed by atoms with Gasteiger partial charge in [0, 0.05) is 18.8 Å². The number of amides is 2. The minimum Gasteiger partial charge on any atom is -0.469 e. The van der Waals surface area contributed by atoms with Gasteiger partial charge in [0.25, 0.3) is 0 Å². The maximum Gasteiger partial charge on any atom is 0.307 e. The topological polar surface area (TPSA) is 87.7 Å². The second-order valence-electron chi connectivity index (χ2n) is 5.42. The van der Waals surface area contributed by atoms with Crippen LogP contribution >= 0.6 is 0 Å². The van der Waals surface area contributed by atoms with E-state index in [1.54, 1.807) is 4.90 Å². The van der Waals surface area contributed by atoms with Crippen LogP contribution in [0.5, 0.6) is 0 Å². The lowest BCUT2D eigenvalue weighted by molar-refractivity contribution is -0.146. The van der Waals surface area contributed by atoms with Gasteiger partial charge in [0.05, 0.1) is 20.1 Å². The van der Waals surface area contributed by atoms with Crippen LogP contribution in [-0.2, 0) is 19.1 Å². The molecule has 0 radical (unpaired) electrons. The predicted octanol–water partition coefficient (Wildman–Crippen LogP) is 0.297. The third-order valence-electron chi connectivity index (χ3n) is 3.80. The molecule has 1 saturated heterocycles. The van der Waals surface area contributed by atoms with Gasteiger partial charge in [0.1, 0.15) is 6.04 Å². The largest absolute Gasteiger partial charge is 0.469 e. The Balaban J connectivity index is 2.01. The van der Waals surface area contributed by atoms with Crippen LogP contribution in [0.2, 0.25) is 0 Å². The number of piperazine rings is 1. The number of methoxy groups -OCH3 is 1. The monoisotopic (exact) mass is 319 g/mol. The number of nitrogens with one attached hydrogen (secondary N) is 2. The summed E-state index contributed by atoms with van der Waals surface area (Å²) in [5.41, 5.74) is 1.70. The summed E-state index contributed by atoms with van der Waals surface area (Å²) >= 11 is 0. The van der Waals surface area contributed by atoms with Crippen molar-refractivity contribution < 1.29 is 19.1 Å². The highest BCUT2D eigenvalue weighted by Gasteiger charge is 2.33. The Morgan fingerprint density at radius 2 is 2.13 bits per heavy atom. The van der Waals surface area contributed by atoms with Crippen LogP contribution in [0.1, 0.15) is 12.0 Å². The van der Waals surface area contributed by atoms with Gasteiger partial charge >= 0.3 is 5.97 Å². The van der Waals surface area contributed by atoms with E-state index >= 15 is 0 Å². The van der Waals surface area contributed by atoms with Gasteiger partial charge in [0.2, 0.25) is 11.8 Å². The van der Waals surface area contributed by atoms with Crippen molar-refractivity contribution in [2.75, 3.05) is 32.1 Å². The van der Waals surface area contributed by atoms with Crippen molar-refractivity contribution in [1.82, 2.24) is 10.2 Å². The van der Waals surface area contributed by atoms with Crippen molar-refractivity contribution in [3.63, 3.8) is 0 Å². The molecule has 23 heavy (non-hydrogen) atoms. The summed E-state index contributed by atoms with van der Waals surface area (Å²) in [7, 11) is 1.28. The molecule has 0 saturated carbocycles. The SMILES string of the molecule is COC(=O)C[C@H]1C(=O)NCCN1CC(=O)Nc1ccccc1C. The number of carbonyl (C=O) groups excluding carboxylic acids is 3. The molecule has 2 rings (SSSR count). The Bertz CT molecular complexity index is 603. The minimum absolute atomic E-state index is 0.0451. The summed E-state index contributed by atoms with van der Waals surface area (Å²) in [6.45, 7) is 2.91. The quantitative estimate of drug-likeness (QED) is 0.762. The van der Waals surface area contributed by atoms with Crippen LogP contribution < -0.4 is 10.6 Å². The maximum atomic E-state index is 12.2. The molecule has 1 atom stereocenters. The fraction of sp³-hybridized carbons (Fsp3) is 0.438. The van der Waals surface area contributed by atoms with Crippen molar-refractivity contribution in [1.29, 1.82) is 0 Å². The summed E-state index contributed by atoms with van der Waals surface area (Å²) in [5, 5.41) is 5.54. The number of carbonyl (C=O) groups is 3. The smallest absolute Gasteiger partial charge is 0.307 e. The molecule has 1 aromatic carbocycles. The van der Waals surface area contributed by atoms with Gasteiger partial charge in [-0.05, 0) is 18.6 Å². The number of rotatable bonds is 5. The third-order valence-corrected chi connectivity index (χ3v) is 3.80. The zero-order chi connectivity index (χ0) is 16.8. The number of hydrogen-bond donors (Lipinski definition) is 2. The standard InChI is InChI=1S/C16H21N3O4/c1-11-5-3-4-6-12(11)18-14(20)10-19-8-7-17-16(22)13(19)9-15(21)23-2/h3-6,13H,7-10H2,1-2H3,(H,17,22)(H,18,20)/t13-/m0/s1. The normalized spacial score (nSPS) is 18.2. The second-order valence-corrected chi connectivity index (χ2v) is 5.42. The van der Waals surface area contributed by atoms with Gasteiger partial charge in [-0.1, -0.05) is 18.2 Å². The zero-order valence-electron chi connectivity index (χ0n) is 13.3. The maximum absolute atomic E-state index is 12.2. The fourth-order valence-corrected chi connectivity index (χ4v) is 2.50. The Hall–Kier alpha value is -2.41. The first kappa shape index (κ1) is 17.0. The molecule has 0 bridgehead atoms. The van der Waals surface area contributed by atoms with E-state index in [-0.39, 0.29) is 24.8 Å². The molecule has 0 aliphatic carbocycles. The Labute approximate surface area is 135 Å². The Morgan fingerprint density at radius 1 is 1.39 bits per heavy atom. The first-order chi connectivity index (χ1) is 11.0. The predicted molar refractivity (Wildman–Crippen MR) is 84.8 cm³/mol. The van der Waals surface area contributed by atoms with Gasteiger partial charge in [-0.3, -0.25) is 19.3 Å². The van der Waals surface area contributed by atoms with Crippen LogP contribution in [-0.4, -0.2) is 55.5 Å². The molecule has 0 unspecified atom stereocenters. The van der Waals surface area contributed by atoms with Crippen molar-refractivity contribution in [3.8, 4) is 0 Å². The fourth-order valence-electron chi connectivity index (χ4n) is 2.50. The molecule has 0 spiro atoms. The van der Waals surface area contributed by atoms with Crippen molar-refractivity contribution in [2.24, 2.45) is 0 Å². The number of nitrogens with zero attached hydrogens (tertiary/aromatic N) is 1. The highest BCUT2D eigenvalue weighted by molar-refractivity contribution is 5.94. The number of ether oxygens (including phenoxy) is 1. The molecule has 1 heterocycles. The number of benzene rings is 1. The van der Waals surface area contributed by atoms with E-state index in [4.69, 9.17) is 0 Å². The molecule has 0 aromatic heterocycles. The summed E-state index contributed by atoms with van der Waals surface area (Å²) < 4.78 is 4.62. The number of esters is 1. The number of para-hydroxylation sites is 1. The van der Waals surface area contributed by atoms with E-state index in [1.165, 1.54) is 7.11 Å². The molecule has 1 aliphatic rings. The highest BCUT2D eigenvalue weighted by Crippen LogP contribution is 2.14. The molecule has 1 aliphatic heterocycles. The summed E-state index contributed by atoms with van der Waals surface area (Å²) in [4.78, 5) is 37.4. The first-order valence-electron chi connectivity index (χ1n) is 7.45. The average Bonchev–Trinajstić information content (AvgIpc) is 2.52. The van der Waals surface area contributed by atoms with Crippen molar-refractivity contribution in [2.45, 2.75) is 19.4 Å². The minimum atomic E-state index is -0.682. The summed E-state index contributed by atoms with van der Waals surface area (Å²) in [6, 6.07) is 6.79. The molecular weight excluding hydrogens is 298 g/mol. The van der Waals surface area contributed by atoms with Crippen LogP contribution in [0, 0.1) is 6.92 Å². The second kappa shape index (κ2) is 7.73. The van der Waals surface area contributed by atoms with Gasteiger partial charge < -0.3 is 15.4 Å². The van der Waals surface area contributed by atoms with Gasteiger partial charge in [-0.2, -0.15) is 0 Å². The lowest BCUT2D eigenvalue weighted by Crippen LogP contribution is -2.57.